The van der Waals surface area contributed by atoms with E-state index in [2.05, 4.69) is 10.6 Å². The van der Waals surface area contributed by atoms with Crippen molar-refractivity contribution in [3.63, 3.8) is 0 Å². The second kappa shape index (κ2) is 16.2. The van der Waals surface area contributed by atoms with Crippen molar-refractivity contribution in [2.45, 2.75) is 42.7 Å². The Labute approximate surface area is 307 Å². The Kier molecular flexibility index (Phi) is 11.9. The zero-order chi connectivity index (χ0) is 37.7. The third kappa shape index (κ3) is 8.23. The van der Waals surface area contributed by atoms with E-state index in [0.717, 1.165) is 0 Å². The largest absolute Gasteiger partial charge is 0.481 e. The molecule has 5 N–H and O–H groups in total. The molecule has 3 amide bonds. The number of fused-ring (bicyclic) bond motifs is 1. The fourth-order valence-corrected chi connectivity index (χ4v) is 8.73. The predicted octanol–water partition coefficient (Wildman–Crippen LogP) is 3.41. The van der Waals surface area contributed by atoms with E-state index in [4.69, 9.17) is 27.9 Å². The quantitative estimate of drug-likeness (QED) is 0.118. The lowest BCUT2D eigenvalue weighted by atomic mass is 9.86. The van der Waals surface area contributed by atoms with Crippen molar-refractivity contribution >= 4 is 62.9 Å². The van der Waals surface area contributed by atoms with Crippen LogP contribution in [0.4, 0.5) is 4.79 Å². The summed E-state index contributed by atoms with van der Waals surface area (Å²) in [5, 5.41) is 33.5. The number of amides is 3. The van der Waals surface area contributed by atoms with Crippen LogP contribution in [0, 0.1) is 0 Å². The van der Waals surface area contributed by atoms with Gasteiger partial charge in [0.1, 0.15) is 24.3 Å². The number of aliphatic carboxylic acids is 2. The van der Waals surface area contributed by atoms with Crippen molar-refractivity contribution in [1.29, 1.82) is 0 Å². The first-order chi connectivity index (χ1) is 24.7. The second-order valence-electron chi connectivity index (χ2n) is 12.1. The number of sulfone groups is 1. The summed E-state index contributed by atoms with van der Waals surface area (Å²) in [5.74, 6) is -7.51. The number of aliphatic hydroxyl groups excluding tert-OH is 1. The minimum absolute atomic E-state index is 0.0300. The van der Waals surface area contributed by atoms with Gasteiger partial charge in [-0.05, 0) is 41.7 Å². The number of aliphatic hydroxyl groups is 1. The highest BCUT2D eigenvalue weighted by atomic mass is 35.5. The van der Waals surface area contributed by atoms with Crippen LogP contribution < -0.4 is 10.6 Å². The summed E-state index contributed by atoms with van der Waals surface area (Å²) in [6.07, 6.45) is -0.551. The molecule has 4 atom stereocenters. The number of carbonyl (C=O) groups is 5. The van der Waals surface area contributed by atoms with Crippen LogP contribution in [0.1, 0.15) is 46.9 Å². The Hall–Kier alpha value is -4.96. The van der Waals surface area contributed by atoms with Crippen molar-refractivity contribution in [3.8, 4) is 0 Å². The fourth-order valence-electron chi connectivity index (χ4n) is 6.26. The Morgan fingerprint density at radius 3 is 2.29 bits per heavy atom. The molecule has 3 aromatic rings. The Balaban J connectivity index is 1.35. The number of carboxylic acid groups (broad SMARTS) is 2. The molecule has 3 aromatic carbocycles. The summed E-state index contributed by atoms with van der Waals surface area (Å²) < 4.78 is 31.5. The molecule has 2 aliphatic heterocycles. The molecule has 0 aromatic heterocycles. The van der Waals surface area contributed by atoms with Crippen LogP contribution in [0.3, 0.4) is 0 Å². The SMILES string of the molecule is O=C(NCCCC(C(=O)N[C@H]1C(=O)N2C(C(=O)O)=C(CO)CS(=O)(=O)[C@@H]12)c1cccc(C(C(=O)O)c2ccccc2)c1)OCc1ccc(Cl)cc1Cl. The third-order valence-corrected chi connectivity index (χ3v) is 11.3. The number of carbonyl (C=O) groups excluding carboxylic acids is 3. The number of alkyl carbamates (subject to hydrolysis) is 1. The molecule has 5 rings (SSSR count). The zero-order valence-electron chi connectivity index (χ0n) is 27.2. The van der Waals surface area contributed by atoms with Gasteiger partial charge in [0.05, 0.1) is 18.3 Å². The van der Waals surface area contributed by atoms with E-state index in [0.29, 0.717) is 37.2 Å². The number of halogens is 2. The molecule has 1 saturated heterocycles. The van der Waals surface area contributed by atoms with Crippen molar-refractivity contribution in [2.75, 3.05) is 18.9 Å². The number of β-lactam (4-membered cyclic amide) rings is 1. The highest BCUT2D eigenvalue weighted by Crippen LogP contribution is 2.37. The zero-order valence-corrected chi connectivity index (χ0v) is 29.5. The van der Waals surface area contributed by atoms with E-state index >= 15 is 0 Å². The van der Waals surface area contributed by atoms with Gasteiger partial charge in [-0.1, -0.05) is 83.9 Å². The minimum atomic E-state index is -4.22. The van der Waals surface area contributed by atoms with Gasteiger partial charge < -0.3 is 30.7 Å². The molecule has 14 nitrogen and oxygen atoms in total. The number of hydrogen-bond donors (Lipinski definition) is 5. The first-order valence-electron chi connectivity index (χ1n) is 15.9. The molecule has 274 valence electrons. The molecule has 2 heterocycles. The second-order valence-corrected chi connectivity index (χ2v) is 15.0. The monoisotopic (exact) mass is 773 g/mol. The van der Waals surface area contributed by atoms with Crippen LogP contribution in [0.25, 0.3) is 0 Å². The van der Waals surface area contributed by atoms with Crippen LogP contribution >= 0.6 is 23.2 Å². The van der Waals surface area contributed by atoms with Gasteiger partial charge in [0, 0.05) is 27.7 Å². The molecular weight excluding hydrogens is 741 g/mol. The van der Waals surface area contributed by atoms with Crippen LogP contribution in [-0.2, 0) is 40.4 Å². The number of rotatable bonds is 14. The number of ether oxygens (including phenoxy) is 1. The summed E-state index contributed by atoms with van der Waals surface area (Å²) in [6.45, 7) is -1.01. The first kappa shape index (κ1) is 38.3. The van der Waals surface area contributed by atoms with E-state index in [9.17, 15) is 47.7 Å². The lowest BCUT2D eigenvalue weighted by Crippen LogP contribution is -2.75. The molecule has 1 fully saturated rings. The molecule has 0 aliphatic carbocycles. The van der Waals surface area contributed by atoms with Crippen LogP contribution in [0.2, 0.25) is 10.0 Å². The van der Waals surface area contributed by atoms with Crippen molar-refractivity contribution < 1.29 is 52.4 Å². The predicted molar refractivity (Wildman–Crippen MR) is 187 cm³/mol. The van der Waals surface area contributed by atoms with Gasteiger partial charge in [0.25, 0.3) is 5.91 Å². The van der Waals surface area contributed by atoms with E-state index in [1.165, 1.54) is 6.07 Å². The van der Waals surface area contributed by atoms with E-state index in [-0.39, 0.29) is 31.6 Å². The maximum absolute atomic E-state index is 13.9. The van der Waals surface area contributed by atoms with E-state index < -0.39 is 81.0 Å². The molecule has 0 bridgehead atoms. The molecule has 2 unspecified atom stereocenters. The molecule has 2 aliphatic rings. The third-order valence-electron chi connectivity index (χ3n) is 8.71. The number of hydrogen-bond acceptors (Lipinski definition) is 9. The van der Waals surface area contributed by atoms with Crippen molar-refractivity contribution in [1.82, 2.24) is 15.5 Å². The smallest absolute Gasteiger partial charge is 0.407 e. The standard InChI is InChI=1S/C35H33Cl2N3O11S/c36-24-12-11-22(26(37)15-24)17-51-35(48)38-13-5-10-25(20-8-4-9-21(14-20)27(33(44)45)19-6-2-1-3-7-19)30(42)39-28-31(43)40-29(34(46)47)23(16-41)18-52(49,50)32(28)40/h1-4,6-9,11-12,14-15,25,27-28,32,41H,5,10,13,16-18H2,(H,38,48)(H,39,42)(H,44,45)(H,46,47)/t25?,27?,28-,32-/m0/s1. The van der Waals surface area contributed by atoms with E-state index in [1.807, 2.05) is 0 Å². The lowest BCUT2D eigenvalue weighted by Gasteiger charge is -2.49. The summed E-state index contributed by atoms with van der Waals surface area (Å²) >= 11 is 12.0. The highest BCUT2D eigenvalue weighted by molar-refractivity contribution is 7.92. The molecule has 0 radical (unpaired) electrons. The van der Waals surface area contributed by atoms with Crippen LogP contribution in [-0.4, -0.2) is 88.8 Å². The van der Waals surface area contributed by atoms with Crippen molar-refractivity contribution in [3.05, 3.63) is 116 Å². The van der Waals surface area contributed by atoms with Gasteiger partial charge >= 0.3 is 18.0 Å². The first-order valence-corrected chi connectivity index (χ1v) is 18.3. The number of nitrogens with one attached hydrogen (secondary N) is 2. The molecule has 52 heavy (non-hydrogen) atoms. The highest BCUT2D eigenvalue weighted by Gasteiger charge is 2.60. The molecule has 0 spiro atoms. The average molecular weight is 775 g/mol. The maximum atomic E-state index is 13.9. The summed E-state index contributed by atoms with van der Waals surface area (Å²) in [6, 6.07) is 17.8. The number of carboxylic acids is 2. The average Bonchev–Trinajstić information content (AvgIpc) is 3.09. The topological polar surface area (TPSA) is 217 Å². The fraction of sp³-hybridized carbons (Fsp3) is 0.286. The normalized spacial score (nSPS) is 18.8. The Bertz CT molecular complexity index is 2040. The maximum Gasteiger partial charge on any atom is 0.407 e. The van der Waals surface area contributed by atoms with Crippen LogP contribution in [0.5, 0.6) is 0 Å². The van der Waals surface area contributed by atoms with Gasteiger partial charge in [-0.15, -0.1) is 0 Å². The van der Waals surface area contributed by atoms with Gasteiger partial charge in [-0.25, -0.2) is 18.0 Å². The van der Waals surface area contributed by atoms with Crippen molar-refractivity contribution in [2.24, 2.45) is 0 Å². The Morgan fingerprint density at radius 1 is 0.942 bits per heavy atom. The summed E-state index contributed by atoms with van der Waals surface area (Å²) in [5.41, 5.74) is 0.703. The van der Waals surface area contributed by atoms with Gasteiger partial charge in [0.15, 0.2) is 15.2 Å². The van der Waals surface area contributed by atoms with Gasteiger partial charge in [-0.2, -0.15) is 0 Å². The lowest BCUT2D eigenvalue weighted by molar-refractivity contribution is -0.151. The van der Waals surface area contributed by atoms with Gasteiger partial charge in [0.2, 0.25) is 5.91 Å². The Morgan fingerprint density at radius 2 is 1.63 bits per heavy atom. The van der Waals surface area contributed by atoms with Gasteiger partial charge in [-0.3, -0.25) is 19.3 Å². The number of nitrogens with zero attached hydrogens (tertiary/aromatic N) is 1. The molecular formula is C35H33Cl2N3O11S. The number of benzene rings is 3. The minimum Gasteiger partial charge on any atom is -0.481 e. The molecule has 0 saturated carbocycles. The van der Waals surface area contributed by atoms with Crippen LogP contribution in [0.15, 0.2) is 84.1 Å². The summed E-state index contributed by atoms with van der Waals surface area (Å²) in [7, 11) is -4.22. The molecule has 17 heteroatoms. The van der Waals surface area contributed by atoms with E-state index in [1.54, 1.807) is 66.7 Å². The summed E-state index contributed by atoms with van der Waals surface area (Å²) in [4.78, 5) is 64.4.